The molecule has 0 bridgehead atoms. The van der Waals surface area contributed by atoms with Gasteiger partial charge in [0, 0.05) is 22.9 Å². The zero-order valence-corrected chi connectivity index (χ0v) is 13.6. The maximum atomic E-state index is 12.3. The summed E-state index contributed by atoms with van der Waals surface area (Å²) in [6, 6.07) is 18.0. The highest BCUT2D eigenvalue weighted by molar-refractivity contribution is 7.99. The van der Waals surface area contributed by atoms with Crippen LogP contribution in [0.25, 0.3) is 0 Å². The minimum atomic E-state index is 0.102. The summed E-state index contributed by atoms with van der Waals surface area (Å²) in [6.45, 7) is 4.36. The van der Waals surface area contributed by atoms with E-state index < -0.39 is 0 Å². The van der Waals surface area contributed by atoms with Gasteiger partial charge in [-0.05, 0) is 29.8 Å². The molecule has 0 spiro atoms. The summed E-state index contributed by atoms with van der Waals surface area (Å²) in [5.74, 6) is 0.102. The molecule has 0 heterocycles. The molecule has 21 heavy (non-hydrogen) atoms. The van der Waals surface area contributed by atoms with Crippen LogP contribution in [0.15, 0.2) is 59.5 Å². The summed E-state index contributed by atoms with van der Waals surface area (Å²) in [6.07, 6.45) is 0.429. The van der Waals surface area contributed by atoms with Gasteiger partial charge >= 0.3 is 0 Å². The van der Waals surface area contributed by atoms with Gasteiger partial charge in [0.25, 0.3) is 0 Å². The van der Waals surface area contributed by atoms with E-state index in [1.807, 2.05) is 61.3 Å². The Morgan fingerprint density at radius 2 is 1.67 bits per heavy atom. The third-order valence-electron chi connectivity index (χ3n) is 3.17. The second-order valence-electron chi connectivity index (χ2n) is 5.28. The number of thioether (sulfide) groups is 1. The van der Waals surface area contributed by atoms with Gasteiger partial charge in [0.2, 0.25) is 5.91 Å². The monoisotopic (exact) mass is 299 g/mol. The highest BCUT2D eigenvalue weighted by atomic mass is 32.2. The maximum Gasteiger partial charge on any atom is 0.231 e. The van der Waals surface area contributed by atoms with Crippen LogP contribution in [0.5, 0.6) is 0 Å². The van der Waals surface area contributed by atoms with Crippen molar-refractivity contribution in [1.29, 1.82) is 0 Å². The van der Waals surface area contributed by atoms with E-state index in [0.29, 0.717) is 11.7 Å². The molecular weight excluding hydrogens is 278 g/mol. The maximum absolute atomic E-state index is 12.3. The van der Waals surface area contributed by atoms with Crippen molar-refractivity contribution in [2.24, 2.45) is 0 Å². The van der Waals surface area contributed by atoms with Crippen LogP contribution in [-0.4, -0.2) is 18.2 Å². The summed E-state index contributed by atoms with van der Waals surface area (Å²) >= 11 is 1.83. The van der Waals surface area contributed by atoms with Crippen LogP contribution >= 0.6 is 11.8 Å². The fourth-order valence-corrected chi connectivity index (χ4v) is 2.88. The number of anilines is 1. The molecule has 1 amide bonds. The first-order valence-corrected chi connectivity index (χ1v) is 8.01. The molecular formula is C18H21NOS. The fourth-order valence-electron chi connectivity index (χ4n) is 2.05. The molecule has 0 aromatic heterocycles. The normalized spacial score (nSPS) is 10.7. The second kappa shape index (κ2) is 7.32. The number of nitrogens with zero attached hydrogens (tertiary/aromatic N) is 1. The molecule has 0 aliphatic rings. The minimum absolute atomic E-state index is 0.102. The van der Waals surface area contributed by atoms with Crippen molar-refractivity contribution in [3.63, 3.8) is 0 Å². The van der Waals surface area contributed by atoms with Gasteiger partial charge in [-0.2, -0.15) is 0 Å². The predicted molar refractivity (Wildman–Crippen MR) is 91.0 cm³/mol. The number of hydrogen-bond acceptors (Lipinski definition) is 2. The topological polar surface area (TPSA) is 20.3 Å². The lowest BCUT2D eigenvalue weighted by atomic mass is 10.1. The molecule has 110 valence electrons. The molecule has 2 aromatic carbocycles. The molecule has 0 saturated carbocycles. The largest absolute Gasteiger partial charge is 0.315 e. The highest BCUT2D eigenvalue weighted by Crippen LogP contribution is 2.23. The first-order chi connectivity index (χ1) is 10.1. The Morgan fingerprint density at radius 1 is 1.05 bits per heavy atom. The quantitative estimate of drug-likeness (QED) is 0.763. The smallest absolute Gasteiger partial charge is 0.231 e. The molecule has 2 nitrogen and oxygen atoms in total. The van der Waals surface area contributed by atoms with Gasteiger partial charge in [0.05, 0.1) is 6.42 Å². The number of para-hydroxylation sites is 1. The van der Waals surface area contributed by atoms with Gasteiger partial charge < -0.3 is 4.90 Å². The third kappa shape index (κ3) is 4.64. The number of likely N-dealkylation sites (N-methyl/N-ethyl adjacent to an activating group) is 1. The molecule has 2 rings (SSSR count). The van der Waals surface area contributed by atoms with Crippen molar-refractivity contribution in [2.45, 2.75) is 30.4 Å². The summed E-state index contributed by atoms with van der Waals surface area (Å²) in [5, 5.41) is 0.571. The molecule has 0 atom stereocenters. The van der Waals surface area contributed by atoms with Crippen LogP contribution in [0.2, 0.25) is 0 Å². The summed E-state index contributed by atoms with van der Waals surface area (Å²) < 4.78 is 0. The van der Waals surface area contributed by atoms with Gasteiger partial charge in [-0.3, -0.25) is 4.79 Å². The second-order valence-corrected chi connectivity index (χ2v) is 6.93. The lowest BCUT2D eigenvalue weighted by Crippen LogP contribution is -2.27. The number of amides is 1. The summed E-state index contributed by atoms with van der Waals surface area (Å²) in [7, 11) is 1.82. The van der Waals surface area contributed by atoms with E-state index in [1.54, 1.807) is 4.90 Å². The third-order valence-corrected chi connectivity index (χ3v) is 4.18. The summed E-state index contributed by atoms with van der Waals surface area (Å²) in [5.41, 5.74) is 1.98. The molecule has 0 radical (unpaired) electrons. The predicted octanol–water partition coefficient (Wildman–Crippen LogP) is 4.39. The van der Waals surface area contributed by atoms with Crippen LogP contribution < -0.4 is 4.90 Å². The number of carbonyl (C=O) groups is 1. The van der Waals surface area contributed by atoms with E-state index in [4.69, 9.17) is 0 Å². The van der Waals surface area contributed by atoms with Crippen molar-refractivity contribution >= 4 is 23.4 Å². The van der Waals surface area contributed by atoms with E-state index in [-0.39, 0.29) is 5.91 Å². The van der Waals surface area contributed by atoms with E-state index in [1.165, 1.54) is 4.90 Å². The Bertz CT molecular complexity index is 578. The van der Waals surface area contributed by atoms with Gasteiger partial charge in [-0.25, -0.2) is 0 Å². The van der Waals surface area contributed by atoms with Crippen LogP contribution in [0.1, 0.15) is 19.4 Å². The first-order valence-electron chi connectivity index (χ1n) is 7.13. The van der Waals surface area contributed by atoms with Gasteiger partial charge in [-0.1, -0.05) is 44.2 Å². The molecule has 0 unspecified atom stereocenters. The van der Waals surface area contributed by atoms with E-state index in [2.05, 4.69) is 26.0 Å². The molecule has 0 aliphatic heterocycles. The van der Waals surface area contributed by atoms with Gasteiger partial charge in [-0.15, -0.1) is 11.8 Å². The van der Waals surface area contributed by atoms with E-state index in [0.717, 1.165) is 11.3 Å². The van der Waals surface area contributed by atoms with E-state index in [9.17, 15) is 4.79 Å². The van der Waals surface area contributed by atoms with Gasteiger partial charge in [0.15, 0.2) is 0 Å². The van der Waals surface area contributed by atoms with Crippen LogP contribution in [-0.2, 0) is 11.2 Å². The highest BCUT2D eigenvalue weighted by Gasteiger charge is 2.11. The Kier molecular flexibility index (Phi) is 5.45. The average molecular weight is 299 g/mol. The lowest BCUT2D eigenvalue weighted by molar-refractivity contribution is -0.117. The molecule has 0 N–H and O–H groups in total. The molecule has 0 fully saturated rings. The lowest BCUT2D eigenvalue weighted by Gasteiger charge is -2.17. The van der Waals surface area contributed by atoms with Crippen molar-refractivity contribution in [1.82, 2.24) is 0 Å². The molecule has 2 aromatic rings. The SMILES string of the molecule is CC(C)Sc1ccc(CC(=O)N(C)c2ccccc2)cc1. The van der Waals surface area contributed by atoms with Crippen molar-refractivity contribution in [3.8, 4) is 0 Å². The summed E-state index contributed by atoms with van der Waals surface area (Å²) in [4.78, 5) is 15.2. The first kappa shape index (κ1) is 15.6. The van der Waals surface area contributed by atoms with Crippen LogP contribution in [0, 0.1) is 0 Å². The Labute approximate surface area is 131 Å². The fraction of sp³-hybridized carbons (Fsp3) is 0.278. The van der Waals surface area contributed by atoms with E-state index >= 15 is 0 Å². The number of benzene rings is 2. The standard InChI is InChI=1S/C18H21NOS/c1-14(2)21-17-11-9-15(10-12-17)13-18(20)19(3)16-7-5-4-6-8-16/h4-12,14H,13H2,1-3H3. The Hall–Kier alpha value is -1.74. The molecule has 3 heteroatoms. The Morgan fingerprint density at radius 3 is 2.24 bits per heavy atom. The average Bonchev–Trinajstić information content (AvgIpc) is 2.49. The number of rotatable bonds is 5. The molecule has 0 aliphatic carbocycles. The number of hydrogen-bond donors (Lipinski definition) is 0. The zero-order chi connectivity index (χ0) is 15.2. The van der Waals surface area contributed by atoms with Crippen LogP contribution in [0.4, 0.5) is 5.69 Å². The van der Waals surface area contributed by atoms with Crippen molar-refractivity contribution in [3.05, 3.63) is 60.2 Å². The van der Waals surface area contributed by atoms with Crippen LogP contribution in [0.3, 0.4) is 0 Å². The van der Waals surface area contributed by atoms with Crippen molar-refractivity contribution < 1.29 is 4.79 Å². The minimum Gasteiger partial charge on any atom is -0.315 e. The number of carbonyl (C=O) groups excluding carboxylic acids is 1. The molecule has 0 saturated heterocycles. The Balaban J connectivity index is 1.99. The zero-order valence-electron chi connectivity index (χ0n) is 12.7. The van der Waals surface area contributed by atoms with Crippen molar-refractivity contribution in [2.75, 3.05) is 11.9 Å². The van der Waals surface area contributed by atoms with Gasteiger partial charge in [0.1, 0.15) is 0 Å².